The van der Waals surface area contributed by atoms with Crippen LogP contribution in [0.5, 0.6) is 0 Å². The molecule has 2 rings (SSSR count). The molecule has 2 unspecified atom stereocenters. The van der Waals surface area contributed by atoms with Crippen LogP contribution >= 0.6 is 0 Å². The van der Waals surface area contributed by atoms with Crippen molar-refractivity contribution in [2.45, 2.75) is 19.0 Å². The van der Waals surface area contributed by atoms with E-state index in [1.54, 1.807) is 0 Å². The van der Waals surface area contributed by atoms with Crippen molar-refractivity contribution in [1.29, 1.82) is 0 Å². The Labute approximate surface area is 111 Å². The maximum atomic E-state index is 3.33. The topological polar surface area (TPSA) is 18.5 Å². The molecule has 0 saturated carbocycles. The Hall–Kier alpha value is -0.900. The summed E-state index contributed by atoms with van der Waals surface area (Å²) in [7, 11) is 4.26. The molecule has 0 aliphatic carbocycles. The molecule has 1 saturated heterocycles. The van der Waals surface area contributed by atoms with E-state index in [1.165, 1.54) is 5.56 Å². The summed E-state index contributed by atoms with van der Waals surface area (Å²) in [6.45, 7) is 6.85. The molecule has 100 valence electrons. The predicted molar refractivity (Wildman–Crippen MR) is 76.8 cm³/mol. The molecule has 1 heterocycles. The van der Waals surface area contributed by atoms with Crippen LogP contribution in [0.2, 0.25) is 0 Å². The molecule has 1 aromatic carbocycles. The van der Waals surface area contributed by atoms with Gasteiger partial charge in [-0.3, -0.25) is 4.90 Å². The summed E-state index contributed by atoms with van der Waals surface area (Å²) in [6.07, 6.45) is 0. The van der Waals surface area contributed by atoms with Gasteiger partial charge in [0.25, 0.3) is 0 Å². The van der Waals surface area contributed by atoms with E-state index >= 15 is 0 Å². The van der Waals surface area contributed by atoms with Gasteiger partial charge in [0.05, 0.1) is 0 Å². The first-order chi connectivity index (χ1) is 8.72. The van der Waals surface area contributed by atoms with E-state index in [-0.39, 0.29) is 0 Å². The first kappa shape index (κ1) is 13.5. The molecule has 1 aliphatic rings. The van der Waals surface area contributed by atoms with Crippen molar-refractivity contribution in [3.63, 3.8) is 0 Å². The van der Waals surface area contributed by atoms with Crippen molar-refractivity contribution in [3.05, 3.63) is 35.9 Å². The molecule has 1 aromatic rings. The second-order valence-corrected chi connectivity index (χ2v) is 5.30. The van der Waals surface area contributed by atoms with Crippen molar-refractivity contribution in [3.8, 4) is 0 Å². The first-order valence-electron chi connectivity index (χ1n) is 6.86. The molecule has 3 heteroatoms. The maximum Gasteiger partial charge on any atom is 0.0354 e. The van der Waals surface area contributed by atoms with E-state index in [0.717, 1.165) is 26.2 Å². The third-order valence-corrected chi connectivity index (χ3v) is 3.95. The molecular formula is C15H25N3. The molecule has 1 aliphatic heterocycles. The lowest BCUT2D eigenvalue weighted by Crippen LogP contribution is -2.55. The number of nitrogens with one attached hydrogen (secondary N) is 1. The van der Waals surface area contributed by atoms with Crippen LogP contribution < -0.4 is 5.32 Å². The molecule has 1 fully saturated rings. The van der Waals surface area contributed by atoms with Crippen LogP contribution in [0.4, 0.5) is 0 Å². The first-order valence-corrected chi connectivity index (χ1v) is 6.86. The molecule has 0 aromatic heterocycles. The van der Waals surface area contributed by atoms with Crippen LogP contribution in [0, 0.1) is 0 Å². The van der Waals surface area contributed by atoms with Gasteiger partial charge >= 0.3 is 0 Å². The van der Waals surface area contributed by atoms with E-state index in [2.05, 4.69) is 59.4 Å². The summed E-state index contributed by atoms with van der Waals surface area (Å²) < 4.78 is 0. The van der Waals surface area contributed by atoms with Crippen molar-refractivity contribution in [2.24, 2.45) is 0 Å². The second-order valence-electron chi connectivity index (χ2n) is 5.30. The van der Waals surface area contributed by atoms with E-state index in [4.69, 9.17) is 0 Å². The van der Waals surface area contributed by atoms with Crippen LogP contribution in [0.25, 0.3) is 0 Å². The van der Waals surface area contributed by atoms with Crippen LogP contribution in [-0.2, 0) is 0 Å². The number of likely N-dealkylation sites (N-methyl/N-ethyl adjacent to an activating group) is 2. The van der Waals surface area contributed by atoms with Gasteiger partial charge in [0, 0.05) is 38.3 Å². The highest BCUT2D eigenvalue weighted by Gasteiger charge is 2.28. The zero-order valence-electron chi connectivity index (χ0n) is 11.8. The van der Waals surface area contributed by atoms with Gasteiger partial charge in [-0.2, -0.15) is 0 Å². The quantitative estimate of drug-likeness (QED) is 0.871. The van der Waals surface area contributed by atoms with Crippen molar-refractivity contribution < 1.29 is 0 Å². The van der Waals surface area contributed by atoms with Gasteiger partial charge in [-0.05, 0) is 26.6 Å². The Morgan fingerprint density at radius 3 is 2.67 bits per heavy atom. The third kappa shape index (κ3) is 3.10. The summed E-state index contributed by atoms with van der Waals surface area (Å²) in [4.78, 5) is 5.06. The van der Waals surface area contributed by atoms with Crippen molar-refractivity contribution >= 4 is 0 Å². The van der Waals surface area contributed by atoms with Crippen LogP contribution in [0.1, 0.15) is 18.5 Å². The normalized spacial score (nSPS) is 24.1. The summed E-state index contributed by atoms with van der Waals surface area (Å²) in [5.41, 5.74) is 1.42. The summed E-state index contributed by atoms with van der Waals surface area (Å²) in [6, 6.07) is 11.9. The monoisotopic (exact) mass is 247 g/mol. The number of hydrogen-bond donors (Lipinski definition) is 1. The Bertz CT molecular complexity index is 352. The van der Waals surface area contributed by atoms with E-state index in [9.17, 15) is 0 Å². The fourth-order valence-corrected chi connectivity index (χ4v) is 2.88. The van der Waals surface area contributed by atoms with Gasteiger partial charge in [0.15, 0.2) is 0 Å². The average molecular weight is 247 g/mol. The highest BCUT2D eigenvalue weighted by molar-refractivity contribution is 5.18. The molecule has 0 spiro atoms. The molecule has 3 nitrogen and oxygen atoms in total. The zero-order valence-corrected chi connectivity index (χ0v) is 11.8. The molecule has 0 bridgehead atoms. The van der Waals surface area contributed by atoms with Crippen molar-refractivity contribution in [1.82, 2.24) is 15.1 Å². The predicted octanol–water partition coefficient (Wildman–Crippen LogP) is 1.58. The zero-order chi connectivity index (χ0) is 13.0. The number of rotatable bonds is 4. The third-order valence-electron chi connectivity index (χ3n) is 3.95. The maximum absolute atomic E-state index is 3.33. The minimum absolute atomic E-state index is 0.498. The van der Waals surface area contributed by atoms with Crippen LogP contribution in [-0.4, -0.2) is 56.1 Å². The number of hydrogen-bond acceptors (Lipinski definition) is 3. The summed E-state index contributed by atoms with van der Waals surface area (Å²) >= 11 is 0. The van der Waals surface area contributed by atoms with E-state index in [0.29, 0.717) is 12.1 Å². The van der Waals surface area contributed by atoms with Gasteiger partial charge in [-0.1, -0.05) is 30.3 Å². The summed E-state index contributed by atoms with van der Waals surface area (Å²) in [5.74, 6) is 0. The number of benzene rings is 1. The number of piperazine rings is 1. The highest BCUT2D eigenvalue weighted by Crippen LogP contribution is 2.24. The fourth-order valence-electron chi connectivity index (χ4n) is 2.88. The van der Waals surface area contributed by atoms with E-state index in [1.807, 2.05) is 7.05 Å². The highest BCUT2D eigenvalue weighted by atomic mass is 15.3. The lowest BCUT2D eigenvalue weighted by atomic mass is 10.0. The molecular weight excluding hydrogens is 222 g/mol. The van der Waals surface area contributed by atoms with Gasteiger partial charge in [-0.25, -0.2) is 0 Å². The molecule has 2 atom stereocenters. The summed E-state index contributed by atoms with van der Waals surface area (Å²) in [5, 5.41) is 3.33. The SMILES string of the molecule is CNCC1CN(C)CCN1C(C)c1ccccc1. The Kier molecular flexibility index (Phi) is 4.75. The minimum atomic E-state index is 0.498. The fraction of sp³-hybridized carbons (Fsp3) is 0.600. The molecule has 1 N–H and O–H groups in total. The van der Waals surface area contributed by atoms with Gasteiger partial charge in [-0.15, -0.1) is 0 Å². The van der Waals surface area contributed by atoms with Gasteiger partial charge in [0.1, 0.15) is 0 Å². The smallest absolute Gasteiger partial charge is 0.0354 e. The average Bonchev–Trinajstić information content (AvgIpc) is 2.40. The Morgan fingerprint density at radius 1 is 1.28 bits per heavy atom. The number of nitrogens with zero attached hydrogens (tertiary/aromatic N) is 2. The lowest BCUT2D eigenvalue weighted by Gasteiger charge is -2.43. The lowest BCUT2D eigenvalue weighted by molar-refractivity contribution is 0.0585. The largest absolute Gasteiger partial charge is 0.318 e. The minimum Gasteiger partial charge on any atom is -0.318 e. The van der Waals surface area contributed by atoms with Crippen LogP contribution in [0.3, 0.4) is 0 Å². The second kappa shape index (κ2) is 6.32. The van der Waals surface area contributed by atoms with Gasteiger partial charge in [0.2, 0.25) is 0 Å². The Morgan fingerprint density at radius 2 is 2.00 bits per heavy atom. The van der Waals surface area contributed by atoms with E-state index < -0.39 is 0 Å². The molecule has 0 amide bonds. The molecule has 0 radical (unpaired) electrons. The standard InChI is InChI=1S/C15H25N3/c1-13(14-7-5-4-6-8-14)18-10-9-17(3)12-15(18)11-16-2/h4-8,13,15-16H,9-12H2,1-3H3. The Balaban J connectivity index is 2.09. The van der Waals surface area contributed by atoms with Crippen molar-refractivity contribution in [2.75, 3.05) is 40.3 Å². The van der Waals surface area contributed by atoms with Crippen LogP contribution in [0.15, 0.2) is 30.3 Å². The molecule has 18 heavy (non-hydrogen) atoms. The van der Waals surface area contributed by atoms with Gasteiger partial charge < -0.3 is 10.2 Å².